The molecule has 1 aliphatic heterocycles. The summed E-state index contributed by atoms with van der Waals surface area (Å²) in [7, 11) is 0. The van der Waals surface area contributed by atoms with Crippen LogP contribution in [0, 0.1) is 5.82 Å². The number of hydrogen-bond acceptors (Lipinski definition) is 3. The molecule has 2 aromatic carbocycles. The van der Waals surface area contributed by atoms with E-state index in [1.54, 1.807) is 23.1 Å². The fourth-order valence-corrected chi connectivity index (χ4v) is 2.48. The third kappa shape index (κ3) is 2.98. The highest BCUT2D eigenvalue weighted by Crippen LogP contribution is 2.27. The maximum Gasteiger partial charge on any atom is 0.440 e. The predicted octanol–water partition coefficient (Wildman–Crippen LogP) is 3.75. The molecule has 0 spiro atoms. The molecule has 0 bridgehead atoms. The molecule has 2 aromatic rings. The Kier molecular flexibility index (Phi) is 4.14. The van der Waals surface area contributed by atoms with Crippen LogP contribution in [-0.2, 0) is 11.3 Å². The Balaban J connectivity index is 1.70. The fourth-order valence-electron chi connectivity index (χ4n) is 2.48. The van der Waals surface area contributed by atoms with E-state index in [9.17, 15) is 9.18 Å². The molecule has 1 amide bonds. The van der Waals surface area contributed by atoms with Gasteiger partial charge in [-0.15, -0.1) is 0 Å². The molecule has 22 heavy (non-hydrogen) atoms. The van der Waals surface area contributed by atoms with Gasteiger partial charge < -0.3 is 0 Å². The molecule has 5 heteroatoms. The number of nitrogens with zero attached hydrogens (tertiary/aromatic N) is 2. The summed E-state index contributed by atoms with van der Waals surface area (Å²) in [5, 5.41) is 3.59. The Labute approximate surface area is 127 Å². The number of carbonyl (C=O) groups is 1. The van der Waals surface area contributed by atoms with Crippen molar-refractivity contribution in [1.82, 2.24) is 0 Å². The molecule has 3 rings (SSSR count). The first-order valence-corrected chi connectivity index (χ1v) is 7.10. The minimum absolute atomic E-state index is 0.273. The van der Waals surface area contributed by atoms with Crippen molar-refractivity contribution in [2.45, 2.75) is 12.8 Å². The summed E-state index contributed by atoms with van der Waals surface area (Å²) < 4.78 is 13.4. The summed E-state index contributed by atoms with van der Waals surface area (Å²) in [6, 6.07) is 13.9. The monoisotopic (exact) mass is 298 g/mol. The van der Waals surface area contributed by atoms with Crippen LogP contribution in [0.15, 0.2) is 53.7 Å². The summed E-state index contributed by atoms with van der Waals surface area (Å²) >= 11 is 0. The van der Waals surface area contributed by atoms with Gasteiger partial charge in [-0.2, -0.15) is 0 Å². The van der Waals surface area contributed by atoms with E-state index in [-0.39, 0.29) is 5.56 Å². The van der Waals surface area contributed by atoms with Crippen molar-refractivity contribution >= 4 is 18.0 Å². The van der Waals surface area contributed by atoms with Crippen LogP contribution >= 0.6 is 0 Å². The second kappa shape index (κ2) is 6.39. The molecule has 0 saturated heterocycles. The first-order chi connectivity index (χ1) is 10.8. The number of carbonyl (C=O) groups excluding carboxylic acids is 1. The Morgan fingerprint density at radius 2 is 1.95 bits per heavy atom. The third-order valence-electron chi connectivity index (χ3n) is 3.56. The van der Waals surface area contributed by atoms with E-state index >= 15 is 0 Å². The molecule has 0 atom stereocenters. The van der Waals surface area contributed by atoms with Crippen LogP contribution in [0.2, 0.25) is 0 Å². The lowest BCUT2D eigenvalue weighted by molar-refractivity contribution is 0.158. The maximum absolute atomic E-state index is 13.4. The van der Waals surface area contributed by atoms with E-state index in [0.29, 0.717) is 6.54 Å². The van der Waals surface area contributed by atoms with Crippen LogP contribution in [0.5, 0.6) is 0 Å². The summed E-state index contributed by atoms with van der Waals surface area (Å²) in [5.41, 5.74) is 2.23. The standard InChI is InChI=1S/C17H15FN2O2/c18-15-9-3-1-7-14(15)12-19-22-17(21)20-11-5-8-13-6-2-4-10-16(13)20/h1-4,6-7,9-10,12H,5,8,11H2. The second-order valence-electron chi connectivity index (χ2n) is 5.00. The lowest BCUT2D eigenvalue weighted by Crippen LogP contribution is -2.35. The number of para-hydroxylation sites is 1. The normalized spacial score (nSPS) is 14.0. The number of anilines is 1. The van der Waals surface area contributed by atoms with Gasteiger partial charge in [0.25, 0.3) is 0 Å². The van der Waals surface area contributed by atoms with Crippen molar-refractivity contribution in [1.29, 1.82) is 0 Å². The smallest absolute Gasteiger partial charge is 0.298 e. The Morgan fingerprint density at radius 1 is 1.18 bits per heavy atom. The zero-order chi connectivity index (χ0) is 15.4. The quantitative estimate of drug-likeness (QED) is 0.481. The van der Waals surface area contributed by atoms with E-state index in [0.717, 1.165) is 24.1 Å². The Bertz CT molecular complexity index is 715. The second-order valence-corrected chi connectivity index (χ2v) is 5.00. The van der Waals surface area contributed by atoms with Crippen molar-refractivity contribution in [2.24, 2.45) is 5.16 Å². The predicted molar refractivity (Wildman–Crippen MR) is 82.6 cm³/mol. The molecule has 4 nitrogen and oxygen atoms in total. The molecule has 1 heterocycles. The van der Waals surface area contributed by atoms with Crippen molar-refractivity contribution in [3.05, 3.63) is 65.5 Å². The van der Waals surface area contributed by atoms with Crippen molar-refractivity contribution in [3.63, 3.8) is 0 Å². The first kappa shape index (κ1) is 14.3. The largest absolute Gasteiger partial charge is 0.440 e. The van der Waals surface area contributed by atoms with Gasteiger partial charge in [0.1, 0.15) is 5.82 Å². The van der Waals surface area contributed by atoms with Crippen molar-refractivity contribution < 1.29 is 14.0 Å². The molecule has 0 fully saturated rings. The molecule has 0 unspecified atom stereocenters. The number of oxime groups is 1. The highest BCUT2D eigenvalue weighted by molar-refractivity contribution is 5.89. The highest BCUT2D eigenvalue weighted by atomic mass is 19.1. The molecular formula is C17H15FN2O2. The fraction of sp³-hybridized carbons (Fsp3) is 0.176. The molecule has 1 aliphatic rings. The zero-order valence-corrected chi connectivity index (χ0v) is 11.9. The van der Waals surface area contributed by atoms with E-state index in [1.807, 2.05) is 24.3 Å². The van der Waals surface area contributed by atoms with Gasteiger partial charge in [0.05, 0.1) is 11.9 Å². The van der Waals surface area contributed by atoms with Crippen LogP contribution in [0.4, 0.5) is 14.9 Å². The lowest BCUT2D eigenvalue weighted by atomic mass is 10.0. The van der Waals surface area contributed by atoms with Crippen LogP contribution < -0.4 is 4.90 Å². The molecule has 0 aliphatic carbocycles. The molecule has 0 N–H and O–H groups in total. The number of benzene rings is 2. The number of rotatable bonds is 2. The Hall–Kier alpha value is -2.69. The summed E-state index contributed by atoms with van der Waals surface area (Å²) in [6.45, 7) is 0.588. The maximum atomic E-state index is 13.4. The topological polar surface area (TPSA) is 41.9 Å². The van der Waals surface area contributed by atoms with Crippen molar-refractivity contribution in [3.8, 4) is 0 Å². The number of hydrogen-bond donors (Lipinski definition) is 0. The molecule has 0 aromatic heterocycles. The van der Waals surface area contributed by atoms with Gasteiger partial charge in [-0.25, -0.2) is 9.18 Å². The van der Waals surface area contributed by atoms with Gasteiger partial charge >= 0.3 is 6.09 Å². The average Bonchev–Trinajstić information content (AvgIpc) is 2.56. The van der Waals surface area contributed by atoms with Crippen LogP contribution in [0.25, 0.3) is 0 Å². The van der Waals surface area contributed by atoms with Crippen molar-refractivity contribution in [2.75, 3.05) is 11.4 Å². The van der Waals surface area contributed by atoms with Gasteiger partial charge in [0, 0.05) is 12.1 Å². The lowest BCUT2D eigenvalue weighted by Gasteiger charge is -2.27. The van der Waals surface area contributed by atoms with Gasteiger partial charge in [-0.05, 0) is 30.5 Å². The number of aryl methyl sites for hydroxylation is 1. The van der Waals surface area contributed by atoms with E-state index in [4.69, 9.17) is 4.84 Å². The highest BCUT2D eigenvalue weighted by Gasteiger charge is 2.23. The molecule has 112 valence electrons. The minimum Gasteiger partial charge on any atom is -0.298 e. The van der Waals surface area contributed by atoms with Gasteiger partial charge in [-0.1, -0.05) is 41.6 Å². The van der Waals surface area contributed by atoms with Crippen LogP contribution in [0.1, 0.15) is 17.5 Å². The van der Waals surface area contributed by atoms with E-state index in [1.165, 1.54) is 12.3 Å². The van der Waals surface area contributed by atoms with Crippen LogP contribution in [0.3, 0.4) is 0 Å². The Morgan fingerprint density at radius 3 is 2.82 bits per heavy atom. The number of fused-ring (bicyclic) bond motifs is 1. The molecular weight excluding hydrogens is 283 g/mol. The summed E-state index contributed by atoms with van der Waals surface area (Å²) in [4.78, 5) is 18.6. The van der Waals surface area contributed by atoms with Crippen LogP contribution in [-0.4, -0.2) is 18.9 Å². The van der Waals surface area contributed by atoms with Gasteiger partial charge in [-0.3, -0.25) is 9.74 Å². The first-order valence-electron chi connectivity index (χ1n) is 7.10. The molecule has 0 saturated carbocycles. The minimum atomic E-state index is -0.556. The van der Waals surface area contributed by atoms with E-state index < -0.39 is 11.9 Å². The summed E-state index contributed by atoms with van der Waals surface area (Å²) in [6.07, 6.45) is 2.46. The SMILES string of the molecule is O=C(ON=Cc1ccccc1F)N1CCCc2ccccc21. The summed E-state index contributed by atoms with van der Waals surface area (Å²) in [5.74, 6) is -0.411. The third-order valence-corrected chi connectivity index (χ3v) is 3.56. The number of halogens is 1. The average molecular weight is 298 g/mol. The zero-order valence-electron chi connectivity index (χ0n) is 11.9. The number of amides is 1. The van der Waals surface area contributed by atoms with E-state index in [2.05, 4.69) is 5.16 Å². The van der Waals surface area contributed by atoms with Gasteiger partial charge in [0.15, 0.2) is 0 Å². The molecule has 0 radical (unpaired) electrons. The van der Waals surface area contributed by atoms with Gasteiger partial charge in [0.2, 0.25) is 0 Å².